The molecule has 3 atom stereocenters. The van der Waals surface area contributed by atoms with Gasteiger partial charge >= 0.3 is 5.97 Å². The van der Waals surface area contributed by atoms with Gasteiger partial charge in [-0.3, -0.25) is 9.59 Å². The zero-order chi connectivity index (χ0) is 14.3. The molecule has 19 heavy (non-hydrogen) atoms. The molecule has 1 aliphatic rings. The van der Waals surface area contributed by atoms with Crippen molar-refractivity contribution in [2.45, 2.75) is 46.1 Å². The van der Waals surface area contributed by atoms with Gasteiger partial charge in [-0.1, -0.05) is 26.7 Å². The van der Waals surface area contributed by atoms with Crippen molar-refractivity contribution in [1.82, 2.24) is 5.32 Å². The molecule has 0 bridgehead atoms. The number of hydrogen-bond donors (Lipinski definition) is 1. The second-order valence-corrected chi connectivity index (χ2v) is 6.22. The van der Waals surface area contributed by atoms with Crippen molar-refractivity contribution in [3.8, 4) is 0 Å². The number of amides is 1. The highest BCUT2D eigenvalue weighted by atomic mass is 32.2. The van der Waals surface area contributed by atoms with Gasteiger partial charge in [-0.15, -0.1) is 11.8 Å². The molecule has 0 saturated heterocycles. The fourth-order valence-electron chi connectivity index (χ4n) is 2.46. The largest absolute Gasteiger partial charge is 0.465 e. The maximum absolute atomic E-state index is 11.8. The number of carbonyl (C=O) groups excluding carboxylic acids is 2. The van der Waals surface area contributed by atoms with Gasteiger partial charge in [0.2, 0.25) is 5.91 Å². The van der Waals surface area contributed by atoms with Gasteiger partial charge in [0.25, 0.3) is 0 Å². The summed E-state index contributed by atoms with van der Waals surface area (Å²) < 4.78 is 4.81. The third-order valence-corrected chi connectivity index (χ3v) is 4.72. The highest BCUT2D eigenvalue weighted by Crippen LogP contribution is 2.29. The number of hydrogen-bond acceptors (Lipinski definition) is 4. The van der Waals surface area contributed by atoms with Crippen LogP contribution < -0.4 is 5.32 Å². The molecule has 1 aliphatic carbocycles. The number of nitrogens with one attached hydrogen (secondary N) is 1. The maximum atomic E-state index is 11.8. The Labute approximate surface area is 120 Å². The van der Waals surface area contributed by atoms with E-state index in [1.165, 1.54) is 24.6 Å². The zero-order valence-corrected chi connectivity index (χ0v) is 12.9. The lowest BCUT2D eigenvalue weighted by Crippen LogP contribution is -2.44. The summed E-state index contributed by atoms with van der Waals surface area (Å²) in [5, 5.41) is 3.09. The van der Waals surface area contributed by atoms with Gasteiger partial charge in [0.1, 0.15) is 0 Å². The van der Waals surface area contributed by atoms with Crippen molar-refractivity contribution in [3.63, 3.8) is 0 Å². The SMILES string of the molecule is CCOC(=O)CSCC(=O)NC1CCCC(C)C1C. The Morgan fingerprint density at radius 3 is 2.68 bits per heavy atom. The topological polar surface area (TPSA) is 55.4 Å². The Bertz CT molecular complexity index is 309. The van der Waals surface area contributed by atoms with E-state index in [0.717, 1.165) is 6.42 Å². The van der Waals surface area contributed by atoms with E-state index in [2.05, 4.69) is 19.2 Å². The van der Waals surface area contributed by atoms with Gasteiger partial charge in [-0.2, -0.15) is 0 Å². The summed E-state index contributed by atoms with van der Waals surface area (Å²) in [6.07, 6.45) is 3.51. The number of esters is 1. The molecule has 0 aromatic carbocycles. The molecule has 5 heteroatoms. The molecule has 1 N–H and O–H groups in total. The monoisotopic (exact) mass is 287 g/mol. The van der Waals surface area contributed by atoms with Crippen LogP contribution in [-0.4, -0.2) is 36.0 Å². The summed E-state index contributed by atoms with van der Waals surface area (Å²) in [5.41, 5.74) is 0. The Balaban J connectivity index is 2.21. The van der Waals surface area contributed by atoms with Crippen LogP contribution in [0.3, 0.4) is 0 Å². The fraction of sp³-hybridized carbons (Fsp3) is 0.857. The molecule has 3 unspecified atom stereocenters. The predicted octanol–water partition coefficient (Wildman–Crippen LogP) is 2.22. The fourth-order valence-corrected chi connectivity index (χ4v) is 3.08. The van der Waals surface area contributed by atoms with E-state index in [4.69, 9.17) is 4.74 Å². The first-order valence-corrected chi connectivity index (χ1v) is 8.22. The van der Waals surface area contributed by atoms with E-state index in [9.17, 15) is 9.59 Å². The van der Waals surface area contributed by atoms with Crippen LogP contribution in [0.4, 0.5) is 0 Å². The maximum Gasteiger partial charge on any atom is 0.315 e. The van der Waals surface area contributed by atoms with Crippen molar-refractivity contribution in [3.05, 3.63) is 0 Å². The second-order valence-electron chi connectivity index (χ2n) is 5.24. The molecular weight excluding hydrogens is 262 g/mol. The first kappa shape index (κ1) is 16.3. The summed E-state index contributed by atoms with van der Waals surface area (Å²) >= 11 is 1.31. The molecular formula is C14H25NO3S. The molecule has 4 nitrogen and oxygen atoms in total. The second kappa shape index (κ2) is 8.46. The van der Waals surface area contributed by atoms with E-state index >= 15 is 0 Å². The number of ether oxygens (including phenoxy) is 1. The lowest BCUT2D eigenvalue weighted by Gasteiger charge is -2.34. The number of thioether (sulfide) groups is 1. The van der Waals surface area contributed by atoms with Crippen LogP contribution in [0.2, 0.25) is 0 Å². The van der Waals surface area contributed by atoms with E-state index in [-0.39, 0.29) is 17.6 Å². The molecule has 1 fully saturated rings. The van der Waals surface area contributed by atoms with E-state index in [1.807, 2.05) is 0 Å². The molecule has 0 aliphatic heterocycles. The van der Waals surface area contributed by atoms with Crippen molar-refractivity contribution in [2.75, 3.05) is 18.1 Å². The summed E-state index contributed by atoms with van der Waals surface area (Å²) in [7, 11) is 0. The smallest absolute Gasteiger partial charge is 0.315 e. The first-order chi connectivity index (χ1) is 9.04. The average molecular weight is 287 g/mol. The van der Waals surface area contributed by atoms with Crippen LogP contribution >= 0.6 is 11.8 Å². The highest BCUT2D eigenvalue weighted by Gasteiger charge is 2.27. The van der Waals surface area contributed by atoms with Crippen LogP contribution in [-0.2, 0) is 14.3 Å². The molecule has 110 valence electrons. The lowest BCUT2D eigenvalue weighted by atomic mass is 9.78. The Kier molecular flexibility index (Phi) is 7.28. The van der Waals surface area contributed by atoms with Crippen molar-refractivity contribution in [1.29, 1.82) is 0 Å². The summed E-state index contributed by atoms with van der Waals surface area (Å²) in [6, 6.07) is 0.291. The Morgan fingerprint density at radius 2 is 2.00 bits per heavy atom. The first-order valence-electron chi connectivity index (χ1n) is 7.07. The highest BCUT2D eigenvalue weighted by molar-refractivity contribution is 8.00. The summed E-state index contributed by atoms with van der Waals surface area (Å²) in [4.78, 5) is 23.0. The minimum absolute atomic E-state index is 0.0280. The molecule has 0 aromatic rings. The van der Waals surface area contributed by atoms with E-state index in [0.29, 0.717) is 30.2 Å². The van der Waals surface area contributed by atoms with E-state index < -0.39 is 0 Å². The summed E-state index contributed by atoms with van der Waals surface area (Å²) in [5.74, 6) is 1.56. The molecule has 0 aromatic heterocycles. The minimum atomic E-state index is -0.250. The van der Waals surface area contributed by atoms with Crippen LogP contribution in [0.15, 0.2) is 0 Å². The number of carbonyl (C=O) groups is 2. The van der Waals surface area contributed by atoms with Gasteiger partial charge in [0.15, 0.2) is 0 Å². The van der Waals surface area contributed by atoms with E-state index in [1.54, 1.807) is 6.92 Å². The molecule has 1 amide bonds. The van der Waals surface area contributed by atoms with Crippen molar-refractivity contribution < 1.29 is 14.3 Å². The van der Waals surface area contributed by atoms with Gasteiger partial charge < -0.3 is 10.1 Å². The quantitative estimate of drug-likeness (QED) is 0.761. The van der Waals surface area contributed by atoms with Crippen molar-refractivity contribution >= 4 is 23.6 Å². The number of rotatable bonds is 6. The molecule has 0 heterocycles. The zero-order valence-electron chi connectivity index (χ0n) is 12.1. The van der Waals surface area contributed by atoms with Gasteiger partial charge in [0.05, 0.1) is 18.1 Å². The normalized spacial score (nSPS) is 26.8. The molecule has 1 saturated carbocycles. The third kappa shape index (κ3) is 5.85. The van der Waals surface area contributed by atoms with Gasteiger partial charge in [-0.25, -0.2) is 0 Å². The van der Waals surface area contributed by atoms with Gasteiger partial charge in [0, 0.05) is 6.04 Å². The van der Waals surface area contributed by atoms with Crippen LogP contribution in [0.25, 0.3) is 0 Å². The standard InChI is InChI=1S/C14H25NO3S/c1-4-18-14(17)9-19-8-13(16)15-12-7-5-6-10(2)11(12)3/h10-12H,4-9H2,1-3H3,(H,15,16). The van der Waals surface area contributed by atoms with Gasteiger partial charge in [-0.05, 0) is 25.2 Å². The van der Waals surface area contributed by atoms with Crippen molar-refractivity contribution in [2.24, 2.45) is 11.8 Å². The van der Waals surface area contributed by atoms with Crippen LogP contribution in [0, 0.1) is 11.8 Å². The molecule has 0 radical (unpaired) electrons. The minimum Gasteiger partial charge on any atom is -0.465 e. The average Bonchev–Trinajstić information content (AvgIpc) is 2.35. The lowest BCUT2D eigenvalue weighted by molar-refractivity contribution is -0.139. The predicted molar refractivity (Wildman–Crippen MR) is 78.1 cm³/mol. The van der Waals surface area contributed by atoms with Crippen LogP contribution in [0.5, 0.6) is 0 Å². The van der Waals surface area contributed by atoms with Crippen LogP contribution in [0.1, 0.15) is 40.0 Å². The third-order valence-electron chi connectivity index (χ3n) is 3.81. The summed E-state index contributed by atoms with van der Waals surface area (Å²) in [6.45, 7) is 6.63. The molecule has 1 rings (SSSR count). The molecule has 0 spiro atoms. The Morgan fingerprint density at radius 1 is 1.26 bits per heavy atom. The Hall–Kier alpha value is -0.710.